The Morgan fingerprint density at radius 3 is 2.44 bits per heavy atom. The Morgan fingerprint density at radius 1 is 1.78 bits per heavy atom. The molecule has 0 atom stereocenters. The van der Waals surface area contributed by atoms with Gasteiger partial charge in [0.25, 0.3) is 5.91 Å². The van der Waals surface area contributed by atoms with Crippen molar-refractivity contribution < 1.29 is 4.79 Å². The van der Waals surface area contributed by atoms with Crippen LogP contribution in [0.5, 0.6) is 0 Å². The highest BCUT2D eigenvalue weighted by atomic mass is 16.1. The lowest BCUT2D eigenvalue weighted by Gasteiger charge is -1.83. The molecule has 0 saturated heterocycles. The summed E-state index contributed by atoms with van der Waals surface area (Å²) in [6.07, 6.45) is 2.60. The largest absolute Gasteiger partial charge is 0.365 e. The van der Waals surface area contributed by atoms with Gasteiger partial charge >= 0.3 is 0 Å². The second kappa shape index (κ2) is 3.44. The van der Waals surface area contributed by atoms with Gasteiger partial charge in [0, 0.05) is 0 Å². The molecule has 0 bridgehead atoms. The Bertz CT molecular complexity index is 198. The normalized spacial score (nSPS) is 9.89. The van der Waals surface area contributed by atoms with Crippen molar-refractivity contribution in [2.24, 2.45) is 5.73 Å². The fourth-order valence-electron chi connectivity index (χ4n) is 0.292. The number of nitriles is 1. The predicted octanol–water partition coefficient (Wildman–Crippen LogP) is 0.108. The van der Waals surface area contributed by atoms with E-state index < -0.39 is 5.91 Å². The number of nitrogens with two attached hydrogens (primary N) is 1. The lowest BCUT2D eigenvalue weighted by atomic mass is 10.2. The van der Waals surface area contributed by atoms with Crippen LogP contribution in [-0.4, -0.2) is 5.91 Å². The third-order valence-electron chi connectivity index (χ3n) is 0.670. The number of amides is 1. The molecular weight excluding hydrogens is 116 g/mol. The summed E-state index contributed by atoms with van der Waals surface area (Å²) in [7, 11) is 0. The van der Waals surface area contributed by atoms with Crippen LogP contribution >= 0.6 is 0 Å². The van der Waals surface area contributed by atoms with Crippen molar-refractivity contribution in [3.63, 3.8) is 0 Å². The smallest absolute Gasteiger partial charge is 0.259 e. The molecule has 0 aliphatic carbocycles. The lowest BCUT2D eigenvalue weighted by molar-refractivity contribution is -0.114. The van der Waals surface area contributed by atoms with Crippen LogP contribution in [0.2, 0.25) is 0 Å². The van der Waals surface area contributed by atoms with Crippen LogP contribution < -0.4 is 5.73 Å². The summed E-state index contributed by atoms with van der Waals surface area (Å²) >= 11 is 0. The van der Waals surface area contributed by atoms with E-state index in [-0.39, 0.29) is 5.57 Å². The minimum absolute atomic E-state index is 0.0787. The molecule has 0 aliphatic rings. The van der Waals surface area contributed by atoms with Gasteiger partial charge in [-0.3, -0.25) is 4.79 Å². The zero-order valence-electron chi connectivity index (χ0n) is 4.79. The van der Waals surface area contributed by atoms with Crippen LogP contribution in [0.15, 0.2) is 24.3 Å². The first-order valence-electron chi connectivity index (χ1n) is 2.25. The Labute approximate surface area is 53.1 Å². The molecule has 0 unspecified atom stereocenters. The molecule has 3 nitrogen and oxygen atoms in total. The van der Waals surface area contributed by atoms with Gasteiger partial charge in [-0.05, 0) is 6.08 Å². The topological polar surface area (TPSA) is 66.9 Å². The van der Waals surface area contributed by atoms with Crippen LogP contribution in [-0.2, 0) is 4.79 Å². The molecule has 0 aromatic rings. The summed E-state index contributed by atoms with van der Waals surface area (Å²) in [6, 6.07) is 1.62. The second-order valence-corrected chi connectivity index (χ2v) is 1.29. The number of hydrogen-bond donors (Lipinski definition) is 1. The van der Waals surface area contributed by atoms with E-state index in [1.54, 1.807) is 6.07 Å². The fourth-order valence-corrected chi connectivity index (χ4v) is 0.292. The number of carbonyl (C=O) groups excluding carboxylic acids is 1. The van der Waals surface area contributed by atoms with Gasteiger partial charge in [0.2, 0.25) is 0 Å². The fraction of sp³-hybridized carbons (Fsp3) is 0. The Kier molecular flexibility index (Phi) is 2.85. The third-order valence-corrected chi connectivity index (χ3v) is 0.670. The molecule has 0 saturated carbocycles. The molecule has 46 valence electrons. The van der Waals surface area contributed by atoms with Gasteiger partial charge in [-0.2, -0.15) is 5.26 Å². The average Bonchev–Trinajstić information content (AvgIpc) is 1.82. The number of nitrogens with zero attached hydrogens (tertiary/aromatic N) is 1. The van der Waals surface area contributed by atoms with E-state index in [1.807, 2.05) is 0 Å². The predicted molar refractivity (Wildman–Crippen MR) is 33.1 cm³/mol. The monoisotopic (exact) mass is 122 g/mol. The first kappa shape index (κ1) is 7.44. The summed E-state index contributed by atoms with van der Waals surface area (Å²) in [6.45, 7) is 3.30. The van der Waals surface area contributed by atoms with Gasteiger partial charge in [0.05, 0.1) is 0 Å². The van der Waals surface area contributed by atoms with Crippen molar-refractivity contribution in [1.82, 2.24) is 0 Å². The highest BCUT2D eigenvalue weighted by molar-refractivity contribution is 5.96. The van der Waals surface area contributed by atoms with Crippen LogP contribution in [0.3, 0.4) is 0 Å². The van der Waals surface area contributed by atoms with Gasteiger partial charge in [-0.1, -0.05) is 12.7 Å². The van der Waals surface area contributed by atoms with Gasteiger partial charge in [0.1, 0.15) is 11.6 Å². The van der Waals surface area contributed by atoms with Crippen molar-refractivity contribution in [1.29, 1.82) is 5.26 Å². The van der Waals surface area contributed by atoms with E-state index >= 15 is 0 Å². The first-order valence-corrected chi connectivity index (χ1v) is 2.25. The number of primary amides is 1. The third kappa shape index (κ3) is 2.29. The van der Waals surface area contributed by atoms with E-state index in [0.29, 0.717) is 0 Å². The van der Waals surface area contributed by atoms with Crippen LogP contribution in [0.25, 0.3) is 0 Å². The SMILES string of the molecule is C=C/C=C(\C#N)C(N)=O. The molecule has 0 radical (unpaired) electrons. The summed E-state index contributed by atoms with van der Waals surface area (Å²) in [4.78, 5) is 10.2. The van der Waals surface area contributed by atoms with E-state index in [9.17, 15) is 4.79 Å². The second-order valence-electron chi connectivity index (χ2n) is 1.29. The minimum Gasteiger partial charge on any atom is -0.365 e. The molecule has 0 aromatic carbocycles. The maximum absolute atomic E-state index is 10.2. The molecule has 0 aliphatic heterocycles. The molecule has 0 rings (SSSR count). The van der Waals surface area contributed by atoms with E-state index in [2.05, 4.69) is 6.58 Å². The lowest BCUT2D eigenvalue weighted by Crippen LogP contribution is -2.12. The maximum atomic E-state index is 10.2. The Morgan fingerprint density at radius 2 is 2.33 bits per heavy atom. The van der Waals surface area contributed by atoms with Crippen molar-refractivity contribution >= 4 is 5.91 Å². The molecular formula is C6H6N2O. The van der Waals surface area contributed by atoms with Crippen molar-refractivity contribution in [2.75, 3.05) is 0 Å². The minimum atomic E-state index is -0.725. The van der Waals surface area contributed by atoms with Gasteiger partial charge in [-0.25, -0.2) is 0 Å². The number of hydrogen-bond acceptors (Lipinski definition) is 2. The first-order chi connectivity index (χ1) is 4.22. The zero-order valence-corrected chi connectivity index (χ0v) is 4.79. The number of carbonyl (C=O) groups is 1. The highest BCUT2D eigenvalue weighted by Crippen LogP contribution is 1.88. The summed E-state index contributed by atoms with van der Waals surface area (Å²) in [5.74, 6) is -0.725. The molecule has 0 aromatic heterocycles. The molecule has 0 spiro atoms. The van der Waals surface area contributed by atoms with Crippen molar-refractivity contribution in [3.05, 3.63) is 24.3 Å². The Balaban J connectivity index is 4.38. The number of allylic oxidation sites excluding steroid dienone is 2. The quantitative estimate of drug-likeness (QED) is 0.321. The van der Waals surface area contributed by atoms with Gasteiger partial charge in [-0.15, -0.1) is 0 Å². The van der Waals surface area contributed by atoms with Gasteiger partial charge < -0.3 is 5.73 Å². The molecule has 0 heterocycles. The summed E-state index contributed by atoms with van der Waals surface area (Å²) < 4.78 is 0. The average molecular weight is 122 g/mol. The molecule has 1 amide bonds. The summed E-state index contributed by atoms with van der Waals surface area (Å²) in [5.41, 5.74) is 4.68. The van der Waals surface area contributed by atoms with Crippen LogP contribution in [0.4, 0.5) is 0 Å². The van der Waals surface area contributed by atoms with Crippen molar-refractivity contribution in [2.45, 2.75) is 0 Å². The van der Waals surface area contributed by atoms with Crippen LogP contribution in [0.1, 0.15) is 0 Å². The van der Waals surface area contributed by atoms with E-state index in [4.69, 9.17) is 11.0 Å². The molecule has 2 N–H and O–H groups in total. The van der Waals surface area contributed by atoms with Gasteiger partial charge in [0.15, 0.2) is 0 Å². The molecule has 3 heteroatoms. The van der Waals surface area contributed by atoms with Crippen molar-refractivity contribution in [3.8, 4) is 6.07 Å². The van der Waals surface area contributed by atoms with E-state index in [1.165, 1.54) is 12.2 Å². The number of rotatable bonds is 2. The molecule has 9 heavy (non-hydrogen) atoms. The highest BCUT2D eigenvalue weighted by Gasteiger charge is 1.98. The van der Waals surface area contributed by atoms with Crippen LogP contribution in [0, 0.1) is 11.3 Å². The Hall–Kier alpha value is -1.56. The summed E-state index contributed by atoms with van der Waals surface area (Å²) in [5, 5.41) is 8.16. The van der Waals surface area contributed by atoms with E-state index in [0.717, 1.165) is 0 Å². The maximum Gasteiger partial charge on any atom is 0.259 e. The zero-order chi connectivity index (χ0) is 7.28. The molecule has 0 fully saturated rings. The standard InChI is InChI=1S/C6H6N2O/c1-2-3-5(4-7)6(8)9/h2-3H,1H2,(H2,8,9)/b5-3+.